The van der Waals surface area contributed by atoms with E-state index >= 15 is 0 Å². The quantitative estimate of drug-likeness (QED) is 0.182. The first kappa shape index (κ1) is 31.3. The Morgan fingerprint density at radius 2 is 1.07 bits per heavy atom. The van der Waals surface area contributed by atoms with Crippen LogP contribution in [0.5, 0.6) is 0 Å². The van der Waals surface area contributed by atoms with E-state index in [-0.39, 0.29) is 5.41 Å². The summed E-state index contributed by atoms with van der Waals surface area (Å²) in [5, 5.41) is 9.76. The Hall–Kier alpha value is -7.10. The maximum atomic E-state index is 5.53. The monoisotopic (exact) mass is 713 g/mol. The average Bonchev–Trinajstić information content (AvgIpc) is 3.69. The Balaban J connectivity index is 1.19. The minimum atomic E-state index is -0.157. The summed E-state index contributed by atoms with van der Waals surface area (Å²) in [6, 6.07) is 64.1. The van der Waals surface area contributed by atoms with Crippen LogP contribution in [0.25, 0.3) is 104 Å². The molecule has 0 amide bonds. The molecule has 0 unspecified atom stereocenters. The van der Waals surface area contributed by atoms with Gasteiger partial charge in [0.2, 0.25) is 0 Å². The normalized spacial score (nSPS) is 13.3. The molecule has 262 valence electrons. The topological polar surface area (TPSA) is 30.7 Å². The molecule has 2 heterocycles. The Labute approximate surface area is 324 Å². The molecule has 1 aliphatic rings. The van der Waals surface area contributed by atoms with Gasteiger partial charge in [-0.3, -0.25) is 4.57 Å². The predicted molar refractivity (Wildman–Crippen MR) is 235 cm³/mol. The molecule has 0 fully saturated rings. The third-order valence-electron chi connectivity index (χ3n) is 12.3. The highest BCUT2D eigenvalue weighted by Crippen LogP contribution is 2.53. The molecule has 0 radical (unpaired) electrons. The molecule has 0 saturated carbocycles. The Morgan fingerprint density at radius 1 is 0.429 bits per heavy atom. The van der Waals surface area contributed by atoms with Crippen molar-refractivity contribution in [1.29, 1.82) is 0 Å². The van der Waals surface area contributed by atoms with Gasteiger partial charge in [0.15, 0.2) is 5.82 Å². The first-order valence-electron chi connectivity index (χ1n) is 19.4. The number of hydrogen-bond donors (Lipinski definition) is 0. The van der Waals surface area contributed by atoms with E-state index in [4.69, 9.17) is 9.97 Å². The van der Waals surface area contributed by atoms with Crippen molar-refractivity contribution in [3.8, 4) is 39.3 Å². The molecular formula is C53H35N3. The van der Waals surface area contributed by atoms with Gasteiger partial charge in [0.05, 0.1) is 22.1 Å². The van der Waals surface area contributed by atoms with Gasteiger partial charge in [0.25, 0.3) is 0 Å². The fraction of sp³-hybridized carbons (Fsp3) is 0.0566. The lowest BCUT2D eigenvalue weighted by Crippen LogP contribution is -2.15. The van der Waals surface area contributed by atoms with Gasteiger partial charge in [-0.25, -0.2) is 9.97 Å². The summed E-state index contributed by atoms with van der Waals surface area (Å²) in [7, 11) is 0. The molecule has 0 atom stereocenters. The average molecular weight is 714 g/mol. The number of fused-ring (bicyclic) bond motifs is 11. The van der Waals surface area contributed by atoms with Gasteiger partial charge in [-0.05, 0) is 96.5 Å². The van der Waals surface area contributed by atoms with Crippen LogP contribution in [0.4, 0.5) is 0 Å². The Morgan fingerprint density at radius 3 is 1.89 bits per heavy atom. The molecule has 0 saturated heterocycles. The lowest BCUT2D eigenvalue weighted by Gasteiger charge is -2.22. The molecule has 11 aromatic rings. The number of rotatable bonds is 3. The zero-order chi connectivity index (χ0) is 37.1. The third-order valence-corrected chi connectivity index (χ3v) is 12.3. The molecule has 1 aliphatic carbocycles. The molecule has 9 aromatic carbocycles. The van der Waals surface area contributed by atoms with Crippen LogP contribution in [0.3, 0.4) is 0 Å². The second-order valence-corrected chi connectivity index (χ2v) is 15.8. The molecule has 2 aromatic heterocycles. The summed E-state index contributed by atoms with van der Waals surface area (Å²) < 4.78 is 2.40. The zero-order valence-electron chi connectivity index (χ0n) is 31.1. The van der Waals surface area contributed by atoms with Crippen LogP contribution in [0, 0.1) is 0 Å². The van der Waals surface area contributed by atoms with Crippen LogP contribution < -0.4 is 0 Å². The summed E-state index contributed by atoms with van der Waals surface area (Å²) in [6.07, 6.45) is 0. The number of benzene rings is 9. The highest BCUT2D eigenvalue weighted by atomic mass is 15.1. The SMILES string of the molecule is CC1(C)c2cc(-c3cccc4c5cc6ccccc6cc5n(-c5nc6ccccc6nc5-c5ccc6ccccc6c5)c34)ccc2-c2c1ccc1ccccc21. The van der Waals surface area contributed by atoms with E-state index in [2.05, 4.69) is 188 Å². The number of para-hydroxylation sites is 3. The second-order valence-electron chi connectivity index (χ2n) is 15.8. The smallest absolute Gasteiger partial charge is 0.165 e. The Bertz CT molecular complexity index is 3460. The maximum absolute atomic E-state index is 5.53. The van der Waals surface area contributed by atoms with E-state index in [0.717, 1.165) is 39.1 Å². The van der Waals surface area contributed by atoms with Gasteiger partial charge in [-0.2, -0.15) is 0 Å². The molecule has 56 heavy (non-hydrogen) atoms. The molecular weight excluding hydrogens is 679 g/mol. The van der Waals surface area contributed by atoms with Crippen molar-refractivity contribution in [3.05, 3.63) is 187 Å². The van der Waals surface area contributed by atoms with Crippen LogP contribution in [0.15, 0.2) is 176 Å². The predicted octanol–water partition coefficient (Wildman–Crippen LogP) is 13.8. The van der Waals surface area contributed by atoms with Crippen molar-refractivity contribution in [1.82, 2.24) is 14.5 Å². The fourth-order valence-corrected chi connectivity index (χ4v) is 9.56. The summed E-state index contributed by atoms with van der Waals surface area (Å²) in [6.45, 7) is 4.75. The minimum Gasteiger partial charge on any atom is -0.291 e. The standard InChI is InChI=1S/C53H35N3/c1-53(2)44-27-25-33-13-7-8-17-39(33)49(44)42-26-24-37(30-45(42)53)40-18-11-19-41-43-29-35-15-5-6-16-36(35)31-48(43)56(51(40)41)52-50(54-46-20-9-10-21-47(46)55-52)38-23-22-32-12-3-4-14-34(32)28-38/h3-31H,1-2H3. The lowest BCUT2D eigenvalue weighted by molar-refractivity contribution is 0.661. The molecule has 3 heteroatoms. The van der Waals surface area contributed by atoms with E-state index in [1.165, 1.54) is 76.5 Å². The van der Waals surface area contributed by atoms with Crippen molar-refractivity contribution in [3.63, 3.8) is 0 Å². The highest BCUT2D eigenvalue weighted by Gasteiger charge is 2.37. The number of hydrogen-bond acceptors (Lipinski definition) is 2. The van der Waals surface area contributed by atoms with Gasteiger partial charge >= 0.3 is 0 Å². The van der Waals surface area contributed by atoms with E-state index in [0.29, 0.717) is 0 Å². The largest absolute Gasteiger partial charge is 0.291 e. The van der Waals surface area contributed by atoms with E-state index in [1.54, 1.807) is 0 Å². The van der Waals surface area contributed by atoms with Crippen LogP contribution in [0.1, 0.15) is 25.0 Å². The minimum absolute atomic E-state index is 0.157. The molecule has 3 nitrogen and oxygen atoms in total. The van der Waals surface area contributed by atoms with Gasteiger partial charge in [0, 0.05) is 27.3 Å². The number of aromatic nitrogens is 3. The van der Waals surface area contributed by atoms with Crippen molar-refractivity contribution in [2.45, 2.75) is 19.3 Å². The van der Waals surface area contributed by atoms with Crippen LogP contribution in [-0.2, 0) is 5.41 Å². The molecule has 12 rings (SSSR count). The van der Waals surface area contributed by atoms with Crippen molar-refractivity contribution in [2.75, 3.05) is 0 Å². The first-order chi connectivity index (χ1) is 27.5. The second kappa shape index (κ2) is 11.5. The van der Waals surface area contributed by atoms with Crippen molar-refractivity contribution >= 4 is 65.2 Å². The maximum Gasteiger partial charge on any atom is 0.165 e. The van der Waals surface area contributed by atoms with Crippen LogP contribution >= 0.6 is 0 Å². The van der Waals surface area contributed by atoms with Crippen LogP contribution in [0.2, 0.25) is 0 Å². The van der Waals surface area contributed by atoms with E-state index < -0.39 is 0 Å². The molecule has 0 bridgehead atoms. The highest BCUT2D eigenvalue weighted by molar-refractivity contribution is 6.17. The first-order valence-corrected chi connectivity index (χ1v) is 19.4. The summed E-state index contributed by atoms with van der Waals surface area (Å²) in [5.41, 5.74) is 13.5. The van der Waals surface area contributed by atoms with Gasteiger partial charge in [0.1, 0.15) is 5.69 Å². The van der Waals surface area contributed by atoms with E-state index in [9.17, 15) is 0 Å². The van der Waals surface area contributed by atoms with Gasteiger partial charge in [-0.1, -0.05) is 153 Å². The van der Waals surface area contributed by atoms with Crippen molar-refractivity contribution in [2.24, 2.45) is 0 Å². The summed E-state index contributed by atoms with van der Waals surface area (Å²) in [5.74, 6) is 0.821. The van der Waals surface area contributed by atoms with Gasteiger partial charge < -0.3 is 0 Å². The van der Waals surface area contributed by atoms with E-state index in [1.807, 2.05) is 6.07 Å². The lowest BCUT2D eigenvalue weighted by atomic mass is 9.81. The fourth-order valence-electron chi connectivity index (χ4n) is 9.56. The molecule has 0 spiro atoms. The summed E-state index contributed by atoms with van der Waals surface area (Å²) in [4.78, 5) is 10.9. The van der Waals surface area contributed by atoms with Crippen molar-refractivity contribution < 1.29 is 0 Å². The Kier molecular flexibility index (Phi) is 6.40. The molecule has 0 N–H and O–H groups in total. The molecule has 0 aliphatic heterocycles. The van der Waals surface area contributed by atoms with Gasteiger partial charge in [-0.15, -0.1) is 0 Å². The number of nitrogens with zero attached hydrogens (tertiary/aromatic N) is 3. The summed E-state index contributed by atoms with van der Waals surface area (Å²) >= 11 is 0. The third kappa shape index (κ3) is 4.40. The zero-order valence-corrected chi connectivity index (χ0v) is 31.1. The van der Waals surface area contributed by atoms with Crippen LogP contribution in [-0.4, -0.2) is 14.5 Å².